The van der Waals surface area contributed by atoms with E-state index in [1.54, 1.807) is 13.2 Å². The predicted octanol–water partition coefficient (Wildman–Crippen LogP) is 3.83. The zero-order chi connectivity index (χ0) is 12.7. The Balaban J connectivity index is 3.34. The molecule has 0 atom stereocenters. The first kappa shape index (κ1) is 13.0. The van der Waals surface area contributed by atoms with Crippen molar-refractivity contribution in [1.29, 1.82) is 5.41 Å². The average molecular weight is 227 g/mol. The molecule has 0 unspecified atom stereocenters. The highest BCUT2D eigenvalue weighted by Crippen LogP contribution is 2.23. The molecule has 1 aromatic carbocycles. The summed E-state index contributed by atoms with van der Waals surface area (Å²) in [4.78, 5) is 0. The molecule has 0 bridgehead atoms. The molecule has 0 aliphatic rings. The van der Waals surface area contributed by atoms with Crippen molar-refractivity contribution in [3.8, 4) is 0 Å². The molecular weight excluding hydrogens is 210 g/mol. The normalized spacial score (nSPS) is 12.7. The molecule has 17 heavy (non-hydrogen) atoms. The van der Waals surface area contributed by atoms with Gasteiger partial charge in [0.05, 0.1) is 7.11 Å². The van der Waals surface area contributed by atoms with Gasteiger partial charge in [0, 0.05) is 17.4 Å². The SMILES string of the molecule is C=C/C=C(C)/C(C=N)=C(/OC)c1ccccc1. The van der Waals surface area contributed by atoms with Gasteiger partial charge >= 0.3 is 0 Å². The number of hydrogen-bond donors (Lipinski definition) is 1. The Bertz CT molecular complexity index is 455. The molecule has 1 aromatic rings. The molecule has 1 N–H and O–H groups in total. The number of nitrogens with one attached hydrogen (secondary N) is 1. The maximum Gasteiger partial charge on any atom is 0.135 e. The molecule has 0 amide bonds. The summed E-state index contributed by atoms with van der Waals surface area (Å²) >= 11 is 0. The standard InChI is InChI=1S/C15H17NO/c1-4-8-12(2)14(11-16)15(17-3)13-9-6-5-7-10-13/h4-11,16H,1H2,2-3H3/b12-8+,15-14+,16-11?. The van der Waals surface area contributed by atoms with Gasteiger partial charge in [-0.2, -0.15) is 0 Å². The van der Waals surface area contributed by atoms with Crippen LogP contribution in [0.2, 0.25) is 0 Å². The minimum absolute atomic E-state index is 0.705. The van der Waals surface area contributed by atoms with E-state index in [4.69, 9.17) is 10.1 Å². The quantitative estimate of drug-likeness (QED) is 0.463. The molecule has 0 spiro atoms. The van der Waals surface area contributed by atoms with Gasteiger partial charge in [-0.25, -0.2) is 0 Å². The largest absolute Gasteiger partial charge is 0.495 e. The number of rotatable bonds is 5. The highest BCUT2D eigenvalue weighted by Gasteiger charge is 2.08. The molecule has 0 fully saturated rings. The van der Waals surface area contributed by atoms with Crippen LogP contribution in [0, 0.1) is 5.41 Å². The van der Waals surface area contributed by atoms with Gasteiger partial charge in [0.25, 0.3) is 0 Å². The summed E-state index contributed by atoms with van der Waals surface area (Å²) in [6, 6.07) is 9.77. The monoisotopic (exact) mass is 227 g/mol. The van der Waals surface area contributed by atoms with Crippen molar-refractivity contribution < 1.29 is 4.74 Å². The number of allylic oxidation sites excluding steroid dienone is 4. The molecule has 2 heteroatoms. The fraction of sp³-hybridized carbons (Fsp3) is 0.133. The summed E-state index contributed by atoms with van der Waals surface area (Å²) in [6.45, 7) is 5.59. The van der Waals surface area contributed by atoms with Crippen LogP contribution in [0.15, 0.2) is 60.2 Å². The second kappa shape index (κ2) is 6.48. The molecule has 88 valence electrons. The number of hydrogen-bond acceptors (Lipinski definition) is 2. The summed E-state index contributed by atoms with van der Waals surface area (Å²) in [5.41, 5.74) is 2.68. The lowest BCUT2D eigenvalue weighted by molar-refractivity contribution is 0.368. The third-order valence-corrected chi connectivity index (χ3v) is 2.42. The van der Waals surface area contributed by atoms with Crippen molar-refractivity contribution in [3.05, 3.63) is 65.8 Å². The van der Waals surface area contributed by atoms with Crippen LogP contribution in [0.4, 0.5) is 0 Å². The Labute approximate surface area is 102 Å². The summed E-state index contributed by atoms with van der Waals surface area (Å²) in [6.07, 6.45) is 4.88. The maximum absolute atomic E-state index is 7.51. The lowest BCUT2D eigenvalue weighted by Crippen LogP contribution is -1.97. The lowest BCUT2D eigenvalue weighted by atomic mass is 10.0. The molecule has 1 rings (SSSR count). The van der Waals surface area contributed by atoms with E-state index in [2.05, 4.69) is 6.58 Å². The molecule has 0 saturated heterocycles. The Hall–Kier alpha value is -2.09. The van der Waals surface area contributed by atoms with E-state index >= 15 is 0 Å². The van der Waals surface area contributed by atoms with E-state index in [9.17, 15) is 0 Å². The first-order chi connectivity index (χ1) is 8.24. The highest BCUT2D eigenvalue weighted by atomic mass is 16.5. The Morgan fingerprint density at radius 2 is 1.94 bits per heavy atom. The van der Waals surface area contributed by atoms with Gasteiger partial charge in [-0.1, -0.05) is 49.1 Å². The van der Waals surface area contributed by atoms with Gasteiger partial charge in [0.15, 0.2) is 0 Å². The molecule has 0 aliphatic carbocycles. The number of methoxy groups -OCH3 is 1. The molecule has 0 aliphatic heterocycles. The Kier molecular flexibility index (Phi) is 4.95. The third-order valence-electron chi connectivity index (χ3n) is 2.42. The van der Waals surface area contributed by atoms with E-state index in [-0.39, 0.29) is 0 Å². The maximum atomic E-state index is 7.51. The van der Waals surface area contributed by atoms with E-state index in [1.165, 1.54) is 6.21 Å². The topological polar surface area (TPSA) is 33.1 Å². The van der Waals surface area contributed by atoms with Gasteiger partial charge in [-0.05, 0) is 12.5 Å². The summed E-state index contributed by atoms with van der Waals surface area (Å²) < 4.78 is 5.41. The first-order valence-corrected chi connectivity index (χ1v) is 5.38. The van der Waals surface area contributed by atoms with Crippen LogP contribution in [0.5, 0.6) is 0 Å². The van der Waals surface area contributed by atoms with Crippen molar-refractivity contribution in [3.63, 3.8) is 0 Å². The van der Waals surface area contributed by atoms with Crippen molar-refractivity contribution >= 4 is 12.0 Å². The Morgan fingerprint density at radius 1 is 1.29 bits per heavy atom. The molecule has 0 heterocycles. The van der Waals surface area contributed by atoms with Crippen molar-refractivity contribution in [2.24, 2.45) is 0 Å². The second-order valence-corrected chi connectivity index (χ2v) is 3.54. The van der Waals surface area contributed by atoms with Gasteiger partial charge in [-0.15, -0.1) is 0 Å². The summed E-state index contributed by atoms with van der Waals surface area (Å²) in [5.74, 6) is 0.705. The smallest absolute Gasteiger partial charge is 0.135 e. The molecule has 0 saturated carbocycles. The number of benzene rings is 1. The predicted molar refractivity (Wildman–Crippen MR) is 73.1 cm³/mol. The summed E-state index contributed by atoms with van der Waals surface area (Å²) in [7, 11) is 1.62. The van der Waals surface area contributed by atoms with Crippen molar-refractivity contribution in [1.82, 2.24) is 0 Å². The Morgan fingerprint density at radius 3 is 2.41 bits per heavy atom. The second-order valence-electron chi connectivity index (χ2n) is 3.54. The van der Waals surface area contributed by atoms with Crippen LogP contribution in [-0.4, -0.2) is 13.3 Å². The van der Waals surface area contributed by atoms with Crippen LogP contribution in [0.1, 0.15) is 12.5 Å². The van der Waals surface area contributed by atoms with Crippen molar-refractivity contribution in [2.45, 2.75) is 6.92 Å². The molecule has 0 aromatic heterocycles. The van der Waals surface area contributed by atoms with Gasteiger partial charge in [0.2, 0.25) is 0 Å². The fourth-order valence-electron chi connectivity index (χ4n) is 1.60. The first-order valence-electron chi connectivity index (χ1n) is 5.38. The van der Waals surface area contributed by atoms with Gasteiger partial charge in [-0.3, -0.25) is 0 Å². The van der Waals surface area contributed by atoms with Gasteiger partial charge in [0.1, 0.15) is 5.76 Å². The van der Waals surface area contributed by atoms with Crippen LogP contribution >= 0.6 is 0 Å². The van der Waals surface area contributed by atoms with Gasteiger partial charge < -0.3 is 10.1 Å². The van der Waals surface area contributed by atoms with E-state index < -0.39 is 0 Å². The van der Waals surface area contributed by atoms with E-state index in [1.807, 2.05) is 43.3 Å². The van der Waals surface area contributed by atoms with Crippen LogP contribution in [-0.2, 0) is 4.74 Å². The van der Waals surface area contributed by atoms with E-state index in [0.29, 0.717) is 5.76 Å². The zero-order valence-electron chi connectivity index (χ0n) is 10.2. The minimum Gasteiger partial charge on any atom is -0.495 e. The minimum atomic E-state index is 0.705. The van der Waals surface area contributed by atoms with Crippen molar-refractivity contribution in [2.75, 3.05) is 7.11 Å². The van der Waals surface area contributed by atoms with E-state index in [0.717, 1.165) is 16.7 Å². The average Bonchev–Trinajstić information content (AvgIpc) is 2.37. The van der Waals surface area contributed by atoms with Crippen LogP contribution in [0.25, 0.3) is 5.76 Å². The zero-order valence-corrected chi connectivity index (χ0v) is 10.2. The fourth-order valence-corrected chi connectivity index (χ4v) is 1.60. The molecule has 2 nitrogen and oxygen atoms in total. The highest BCUT2D eigenvalue weighted by molar-refractivity contribution is 5.92. The molecule has 0 radical (unpaired) electrons. The lowest BCUT2D eigenvalue weighted by Gasteiger charge is -2.11. The van der Waals surface area contributed by atoms with Crippen LogP contribution < -0.4 is 0 Å². The summed E-state index contributed by atoms with van der Waals surface area (Å²) in [5, 5.41) is 7.51. The molecular formula is C15H17NO. The number of ether oxygens (including phenoxy) is 1. The van der Waals surface area contributed by atoms with Crippen LogP contribution in [0.3, 0.4) is 0 Å². The third kappa shape index (κ3) is 3.18.